The van der Waals surface area contributed by atoms with Crippen molar-refractivity contribution >= 4 is 11.3 Å². The first-order valence-corrected chi connectivity index (χ1v) is 9.27. The number of methoxy groups -OCH3 is 2. The van der Waals surface area contributed by atoms with Crippen LogP contribution in [0.5, 0.6) is 11.5 Å². The molecule has 0 saturated carbocycles. The third kappa shape index (κ3) is 4.63. The molecule has 0 radical (unpaired) electrons. The second kappa shape index (κ2) is 8.62. The summed E-state index contributed by atoms with van der Waals surface area (Å²) in [5.41, 5.74) is 0.804. The number of aromatic nitrogens is 1. The van der Waals surface area contributed by atoms with E-state index in [1.54, 1.807) is 26.5 Å². The molecule has 1 aromatic heterocycles. The predicted octanol–water partition coefficient (Wildman–Crippen LogP) is 5.14. The molecule has 0 aliphatic rings. The van der Waals surface area contributed by atoms with E-state index >= 15 is 0 Å². The molecule has 0 aliphatic carbocycles. The third-order valence-corrected chi connectivity index (χ3v) is 5.11. The molecule has 0 unspecified atom stereocenters. The second-order valence-electron chi connectivity index (χ2n) is 5.96. The van der Waals surface area contributed by atoms with Gasteiger partial charge in [0.25, 0.3) is 0 Å². The Kier molecular flexibility index (Phi) is 6.21. The number of ether oxygens (including phenoxy) is 2. The highest BCUT2D eigenvalue weighted by Crippen LogP contribution is 2.40. The van der Waals surface area contributed by atoms with Gasteiger partial charge in [-0.3, -0.25) is 0 Å². The van der Waals surface area contributed by atoms with E-state index in [-0.39, 0.29) is 0 Å². The predicted molar refractivity (Wildman–Crippen MR) is 103 cm³/mol. The maximum atomic E-state index is 12.8. The zero-order valence-electron chi connectivity index (χ0n) is 15.3. The number of rotatable bonds is 7. The number of halogens is 3. The van der Waals surface area contributed by atoms with E-state index in [9.17, 15) is 13.2 Å². The van der Waals surface area contributed by atoms with Crippen molar-refractivity contribution in [2.75, 3.05) is 14.2 Å². The summed E-state index contributed by atoms with van der Waals surface area (Å²) >= 11 is 1.49. The minimum Gasteiger partial charge on any atom is -0.493 e. The molecular weight excluding hydrogens is 389 g/mol. The summed E-state index contributed by atoms with van der Waals surface area (Å²) in [5, 5.41) is 3.96. The largest absolute Gasteiger partial charge is 0.493 e. The Labute approximate surface area is 165 Å². The molecule has 0 bridgehead atoms. The minimum absolute atomic E-state index is 0.321. The van der Waals surface area contributed by atoms with Gasteiger partial charge in [0.1, 0.15) is 5.01 Å². The number of nitrogens with zero attached hydrogens (tertiary/aromatic N) is 1. The van der Waals surface area contributed by atoms with E-state index in [4.69, 9.17) is 9.47 Å². The summed E-state index contributed by atoms with van der Waals surface area (Å²) in [6.45, 7) is 0.772. The molecule has 1 heterocycles. The fourth-order valence-electron chi connectivity index (χ4n) is 2.77. The molecule has 0 fully saturated rings. The van der Waals surface area contributed by atoms with Gasteiger partial charge in [-0.25, -0.2) is 4.98 Å². The molecule has 1 N–H and O–H groups in total. The maximum absolute atomic E-state index is 12.8. The van der Waals surface area contributed by atoms with Crippen LogP contribution in [-0.2, 0) is 19.3 Å². The number of nitrogens with one attached hydrogen (secondary N) is 1. The third-order valence-electron chi connectivity index (χ3n) is 4.08. The Morgan fingerprint density at radius 1 is 1.04 bits per heavy atom. The first kappa shape index (κ1) is 20.2. The van der Waals surface area contributed by atoms with Crippen LogP contribution in [0.25, 0.3) is 10.4 Å². The lowest BCUT2D eigenvalue weighted by atomic mass is 10.1. The van der Waals surface area contributed by atoms with Crippen LogP contribution in [0.3, 0.4) is 0 Å². The lowest BCUT2D eigenvalue weighted by molar-refractivity contribution is -0.137. The zero-order valence-corrected chi connectivity index (χ0v) is 16.2. The molecule has 0 amide bonds. The van der Waals surface area contributed by atoms with E-state index in [0.29, 0.717) is 30.2 Å². The van der Waals surface area contributed by atoms with Crippen molar-refractivity contribution in [2.24, 2.45) is 0 Å². The summed E-state index contributed by atoms with van der Waals surface area (Å²) in [6, 6.07) is 10.9. The molecule has 148 valence electrons. The van der Waals surface area contributed by atoms with Crippen molar-refractivity contribution in [3.05, 3.63) is 64.8 Å². The van der Waals surface area contributed by atoms with Crippen LogP contribution < -0.4 is 14.8 Å². The van der Waals surface area contributed by atoms with Crippen LogP contribution >= 0.6 is 11.3 Å². The van der Waals surface area contributed by atoms with Crippen molar-refractivity contribution in [1.82, 2.24) is 10.3 Å². The Morgan fingerprint density at radius 2 is 1.82 bits per heavy atom. The highest BCUT2D eigenvalue weighted by molar-refractivity contribution is 7.15. The number of alkyl halides is 3. The summed E-state index contributed by atoms with van der Waals surface area (Å²) in [7, 11) is 3.16. The summed E-state index contributed by atoms with van der Waals surface area (Å²) in [6.07, 6.45) is -2.58. The molecule has 2 aromatic carbocycles. The Morgan fingerprint density at radius 3 is 2.54 bits per heavy atom. The van der Waals surface area contributed by atoms with Crippen LogP contribution in [0.1, 0.15) is 16.1 Å². The summed E-state index contributed by atoms with van der Waals surface area (Å²) in [5.74, 6) is 1.27. The van der Waals surface area contributed by atoms with E-state index in [1.165, 1.54) is 17.4 Å². The van der Waals surface area contributed by atoms with Crippen molar-refractivity contribution in [3.8, 4) is 21.9 Å². The van der Waals surface area contributed by atoms with Gasteiger partial charge < -0.3 is 14.8 Å². The van der Waals surface area contributed by atoms with Gasteiger partial charge in [-0.2, -0.15) is 13.2 Å². The molecule has 0 saturated heterocycles. The highest BCUT2D eigenvalue weighted by Gasteiger charge is 2.30. The van der Waals surface area contributed by atoms with Gasteiger partial charge in [0.2, 0.25) is 0 Å². The average molecular weight is 408 g/mol. The Balaban J connectivity index is 1.67. The van der Waals surface area contributed by atoms with Crippen molar-refractivity contribution in [2.45, 2.75) is 19.3 Å². The zero-order chi connectivity index (χ0) is 20.1. The van der Waals surface area contributed by atoms with E-state index in [2.05, 4.69) is 10.3 Å². The van der Waals surface area contributed by atoms with Gasteiger partial charge in [0.05, 0.1) is 24.7 Å². The van der Waals surface area contributed by atoms with Gasteiger partial charge in [-0.05, 0) is 23.8 Å². The van der Waals surface area contributed by atoms with Crippen LogP contribution in [-0.4, -0.2) is 19.2 Å². The van der Waals surface area contributed by atoms with Crippen LogP contribution in [0.4, 0.5) is 13.2 Å². The monoisotopic (exact) mass is 408 g/mol. The number of para-hydroxylation sites is 1. The molecular formula is C20H19F3N2O2S. The van der Waals surface area contributed by atoms with Crippen LogP contribution in [0.2, 0.25) is 0 Å². The number of benzene rings is 2. The van der Waals surface area contributed by atoms with E-state index in [1.807, 2.05) is 18.2 Å². The van der Waals surface area contributed by atoms with Gasteiger partial charge in [-0.15, -0.1) is 11.3 Å². The van der Waals surface area contributed by atoms with Gasteiger partial charge in [0.15, 0.2) is 11.5 Å². The van der Waals surface area contributed by atoms with Gasteiger partial charge >= 0.3 is 6.18 Å². The minimum atomic E-state index is -4.34. The molecule has 28 heavy (non-hydrogen) atoms. The Bertz CT molecular complexity index is 941. The van der Waals surface area contributed by atoms with E-state index in [0.717, 1.165) is 27.6 Å². The quantitative estimate of drug-likeness (QED) is 0.588. The van der Waals surface area contributed by atoms with Gasteiger partial charge in [-0.1, -0.05) is 24.3 Å². The molecule has 4 nitrogen and oxygen atoms in total. The number of hydrogen-bond acceptors (Lipinski definition) is 5. The molecule has 0 aliphatic heterocycles. The standard InChI is InChI=1S/C20H19F3N2O2S/c1-26-16-8-4-7-15(19(16)27-2)17-11-25-18(28-17)12-24-10-13-5-3-6-14(9-13)20(21,22)23/h3-9,11,24H,10,12H2,1-2H3. The topological polar surface area (TPSA) is 43.4 Å². The maximum Gasteiger partial charge on any atom is 0.416 e. The fourth-order valence-corrected chi connectivity index (χ4v) is 3.68. The number of hydrogen-bond donors (Lipinski definition) is 1. The molecule has 0 spiro atoms. The first-order chi connectivity index (χ1) is 13.4. The second-order valence-corrected chi connectivity index (χ2v) is 7.08. The van der Waals surface area contributed by atoms with Crippen LogP contribution in [0.15, 0.2) is 48.7 Å². The lowest BCUT2D eigenvalue weighted by Crippen LogP contribution is -2.13. The Hall–Kier alpha value is -2.58. The lowest BCUT2D eigenvalue weighted by Gasteiger charge is -2.10. The van der Waals surface area contributed by atoms with Crippen molar-refractivity contribution in [3.63, 3.8) is 0 Å². The first-order valence-electron chi connectivity index (χ1n) is 8.45. The number of thiazole rings is 1. The summed E-state index contributed by atoms with van der Waals surface area (Å²) < 4.78 is 49.1. The van der Waals surface area contributed by atoms with Crippen LogP contribution in [0, 0.1) is 0 Å². The summed E-state index contributed by atoms with van der Waals surface area (Å²) in [4.78, 5) is 5.31. The van der Waals surface area contributed by atoms with E-state index < -0.39 is 11.7 Å². The molecule has 8 heteroatoms. The average Bonchev–Trinajstić information content (AvgIpc) is 3.15. The fraction of sp³-hybridized carbons (Fsp3) is 0.250. The smallest absolute Gasteiger partial charge is 0.416 e. The molecule has 3 rings (SSSR count). The SMILES string of the molecule is COc1cccc(-c2cnc(CNCc3cccc(C(F)(F)F)c3)s2)c1OC. The molecule has 3 aromatic rings. The van der Waals surface area contributed by atoms with Crippen molar-refractivity contribution in [1.29, 1.82) is 0 Å². The van der Waals surface area contributed by atoms with Gasteiger partial charge in [0, 0.05) is 24.8 Å². The normalized spacial score (nSPS) is 11.5. The van der Waals surface area contributed by atoms with Crippen molar-refractivity contribution < 1.29 is 22.6 Å². The molecule has 0 atom stereocenters. The highest BCUT2D eigenvalue weighted by atomic mass is 32.1.